The molecule has 0 spiro atoms. The van der Waals surface area contributed by atoms with E-state index in [-0.39, 0.29) is 5.91 Å². The Balaban J connectivity index is 1.45. The zero-order valence-electron chi connectivity index (χ0n) is 15.3. The highest BCUT2D eigenvalue weighted by atomic mass is 16.1. The maximum absolute atomic E-state index is 12.6. The molecular weight excluding hydrogens is 326 g/mol. The van der Waals surface area contributed by atoms with Crippen molar-refractivity contribution in [1.29, 1.82) is 0 Å². The number of piperidine rings is 1. The molecule has 0 bridgehead atoms. The molecule has 0 unspecified atom stereocenters. The highest BCUT2D eigenvalue weighted by molar-refractivity contribution is 6.00. The Labute approximate surface area is 154 Å². The Morgan fingerprint density at radius 2 is 1.77 bits per heavy atom. The van der Waals surface area contributed by atoms with Crippen LogP contribution in [0.5, 0.6) is 0 Å². The number of anilines is 1. The largest absolute Gasteiger partial charge is 0.356 e. The topological polar surface area (TPSA) is 61.4 Å². The number of likely N-dealkylation sites (tertiary alicyclic amines) is 1. The molecule has 0 atom stereocenters. The fraction of sp³-hybridized carbons (Fsp3) is 0.550. The fourth-order valence-corrected chi connectivity index (χ4v) is 3.98. The number of nitrogens with one attached hydrogen (secondary N) is 1. The number of hydrogen-bond donors (Lipinski definition) is 1. The average molecular weight is 353 g/mol. The van der Waals surface area contributed by atoms with Gasteiger partial charge in [0.1, 0.15) is 12.1 Å². The molecule has 1 N–H and O–H groups in total. The standard InChI is InChI=1S/C20H27N5O/c26-20(21-8-13-24-9-2-1-3-10-24)16-6-7-18-17(14-16)19(23-15-22-18)25-11-4-5-12-25/h6-7,14-15H,1-5,8-13H2,(H,21,26). The molecule has 2 aliphatic rings. The summed E-state index contributed by atoms with van der Waals surface area (Å²) in [6.45, 7) is 5.99. The molecule has 1 aromatic carbocycles. The van der Waals surface area contributed by atoms with Crippen molar-refractivity contribution in [2.45, 2.75) is 32.1 Å². The second kappa shape index (κ2) is 7.99. The van der Waals surface area contributed by atoms with Crippen molar-refractivity contribution in [2.75, 3.05) is 44.2 Å². The number of rotatable bonds is 5. The lowest BCUT2D eigenvalue weighted by Gasteiger charge is -2.26. The zero-order valence-corrected chi connectivity index (χ0v) is 15.3. The second-order valence-corrected chi connectivity index (χ2v) is 7.28. The highest BCUT2D eigenvalue weighted by Gasteiger charge is 2.18. The average Bonchev–Trinajstić information content (AvgIpc) is 3.22. The second-order valence-electron chi connectivity index (χ2n) is 7.28. The van der Waals surface area contributed by atoms with E-state index < -0.39 is 0 Å². The van der Waals surface area contributed by atoms with Gasteiger partial charge in [0.05, 0.1) is 5.52 Å². The Morgan fingerprint density at radius 3 is 2.58 bits per heavy atom. The van der Waals surface area contributed by atoms with Crippen LogP contribution in [-0.4, -0.2) is 60.0 Å². The van der Waals surface area contributed by atoms with Crippen LogP contribution in [0.4, 0.5) is 5.82 Å². The minimum Gasteiger partial charge on any atom is -0.356 e. The quantitative estimate of drug-likeness (QED) is 0.895. The Bertz CT molecular complexity index is 766. The van der Waals surface area contributed by atoms with Crippen molar-refractivity contribution in [3.8, 4) is 0 Å². The lowest BCUT2D eigenvalue weighted by atomic mass is 10.1. The first-order chi connectivity index (χ1) is 12.8. The van der Waals surface area contributed by atoms with Crippen LogP contribution in [0.2, 0.25) is 0 Å². The molecule has 2 aliphatic heterocycles. The van der Waals surface area contributed by atoms with Gasteiger partial charge < -0.3 is 15.1 Å². The van der Waals surface area contributed by atoms with E-state index in [4.69, 9.17) is 0 Å². The third-order valence-electron chi connectivity index (χ3n) is 5.44. The molecule has 6 nitrogen and oxygen atoms in total. The highest BCUT2D eigenvalue weighted by Crippen LogP contribution is 2.26. The molecule has 138 valence electrons. The predicted molar refractivity (Wildman–Crippen MR) is 104 cm³/mol. The van der Waals surface area contributed by atoms with Gasteiger partial charge in [-0.05, 0) is 57.0 Å². The van der Waals surface area contributed by atoms with E-state index in [2.05, 4.69) is 25.1 Å². The molecular formula is C20H27N5O. The SMILES string of the molecule is O=C(NCCN1CCCCC1)c1ccc2ncnc(N3CCCC3)c2c1. The monoisotopic (exact) mass is 353 g/mol. The molecule has 3 heterocycles. The van der Waals surface area contributed by atoms with Crippen LogP contribution >= 0.6 is 0 Å². The molecule has 6 heteroatoms. The number of hydrogen-bond acceptors (Lipinski definition) is 5. The van der Waals surface area contributed by atoms with Crippen LogP contribution in [0.1, 0.15) is 42.5 Å². The minimum absolute atomic E-state index is 0.0138. The van der Waals surface area contributed by atoms with E-state index in [1.165, 1.54) is 32.1 Å². The molecule has 0 aliphatic carbocycles. The molecule has 2 aromatic rings. The summed E-state index contributed by atoms with van der Waals surface area (Å²) < 4.78 is 0. The summed E-state index contributed by atoms with van der Waals surface area (Å²) in [6, 6.07) is 5.73. The normalized spacial score (nSPS) is 18.4. The van der Waals surface area contributed by atoms with Crippen LogP contribution in [0.15, 0.2) is 24.5 Å². The zero-order chi connectivity index (χ0) is 17.8. The van der Waals surface area contributed by atoms with E-state index in [9.17, 15) is 4.79 Å². The third kappa shape index (κ3) is 3.80. The van der Waals surface area contributed by atoms with Crippen LogP contribution in [-0.2, 0) is 0 Å². The molecule has 4 rings (SSSR count). The number of carbonyl (C=O) groups is 1. The van der Waals surface area contributed by atoms with Gasteiger partial charge in [-0.25, -0.2) is 9.97 Å². The van der Waals surface area contributed by atoms with Crippen molar-refractivity contribution in [2.24, 2.45) is 0 Å². The van der Waals surface area contributed by atoms with Gasteiger partial charge >= 0.3 is 0 Å². The summed E-state index contributed by atoms with van der Waals surface area (Å²) in [5.41, 5.74) is 1.58. The van der Waals surface area contributed by atoms with Gasteiger partial charge in [0, 0.05) is 37.1 Å². The molecule has 26 heavy (non-hydrogen) atoms. The summed E-state index contributed by atoms with van der Waals surface area (Å²) in [5.74, 6) is 0.940. The number of fused-ring (bicyclic) bond motifs is 1. The van der Waals surface area contributed by atoms with E-state index >= 15 is 0 Å². The number of aromatic nitrogens is 2. The Morgan fingerprint density at radius 1 is 1.00 bits per heavy atom. The van der Waals surface area contributed by atoms with Gasteiger partial charge in [-0.2, -0.15) is 0 Å². The van der Waals surface area contributed by atoms with Gasteiger partial charge in [0.25, 0.3) is 5.91 Å². The maximum atomic E-state index is 12.6. The Kier molecular flexibility index (Phi) is 5.29. The summed E-state index contributed by atoms with van der Waals surface area (Å²) >= 11 is 0. The summed E-state index contributed by atoms with van der Waals surface area (Å²) in [6.07, 6.45) is 7.90. The van der Waals surface area contributed by atoms with Crippen molar-refractivity contribution >= 4 is 22.6 Å². The van der Waals surface area contributed by atoms with Crippen molar-refractivity contribution in [1.82, 2.24) is 20.2 Å². The van der Waals surface area contributed by atoms with Crippen LogP contribution in [0, 0.1) is 0 Å². The lowest BCUT2D eigenvalue weighted by molar-refractivity contribution is 0.0946. The summed E-state index contributed by atoms with van der Waals surface area (Å²) in [7, 11) is 0. The molecule has 2 fully saturated rings. The van der Waals surface area contributed by atoms with E-state index in [1.54, 1.807) is 6.33 Å². The van der Waals surface area contributed by atoms with Gasteiger partial charge in [0.15, 0.2) is 0 Å². The predicted octanol–water partition coefficient (Wildman–Crippen LogP) is 2.45. The number of carbonyl (C=O) groups excluding carboxylic acids is 1. The molecule has 1 amide bonds. The first-order valence-electron chi connectivity index (χ1n) is 9.81. The van der Waals surface area contributed by atoms with Crippen LogP contribution in [0.3, 0.4) is 0 Å². The Hall–Kier alpha value is -2.21. The molecule has 0 saturated carbocycles. The number of amides is 1. The van der Waals surface area contributed by atoms with Crippen LogP contribution in [0.25, 0.3) is 10.9 Å². The third-order valence-corrected chi connectivity index (χ3v) is 5.44. The molecule has 0 radical (unpaired) electrons. The molecule has 2 saturated heterocycles. The van der Waals surface area contributed by atoms with Crippen molar-refractivity contribution < 1.29 is 4.79 Å². The summed E-state index contributed by atoms with van der Waals surface area (Å²) in [5, 5.41) is 4.04. The number of nitrogens with zero attached hydrogens (tertiary/aromatic N) is 4. The van der Waals surface area contributed by atoms with Gasteiger partial charge in [-0.15, -0.1) is 0 Å². The number of benzene rings is 1. The fourth-order valence-electron chi connectivity index (χ4n) is 3.98. The van der Waals surface area contributed by atoms with Crippen molar-refractivity contribution in [3.63, 3.8) is 0 Å². The van der Waals surface area contributed by atoms with Gasteiger partial charge in [-0.1, -0.05) is 6.42 Å². The maximum Gasteiger partial charge on any atom is 0.251 e. The van der Waals surface area contributed by atoms with Crippen LogP contribution < -0.4 is 10.2 Å². The van der Waals surface area contributed by atoms with Crippen molar-refractivity contribution in [3.05, 3.63) is 30.1 Å². The summed E-state index contributed by atoms with van der Waals surface area (Å²) in [4.78, 5) is 26.2. The smallest absolute Gasteiger partial charge is 0.251 e. The lowest BCUT2D eigenvalue weighted by Crippen LogP contribution is -2.37. The first-order valence-corrected chi connectivity index (χ1v) is 9.81. The van der Waals surface area contributed by atoms with Gasteiger partial charge in [-0.3, -0.25) is 4.79 Å². The molecule has 1 aromatic heterocycles. The minimum atomic E-state index is -0.0138. The van der Waals surface area contributed by atoms with E-state index in [0.717, 1.165) is 49.4 Å². The van der Waals surface area contributed by atoms with E-state index in [1.807, 2.05) is 18.2 Å². The van der Waals surface area contributed by atoms with E-state index in [0.29, 0.717) is 12.1 Å². The van der Waals surface area contributed by atoms with Gasteiger partial charge in [0.2, 0.25) is 0 Å². The first kappa shape index (κ1) is 17.2.